The van der Waals surface area contributed by atoms with Crippen molar-refractivity contribution in [3.8, 4) is 5.75 Å². The van der Waals surface area contributed by atoms with Crippen molar-refractivity contribution in [2.24, 2.45) is 0 Å². The number of aryl methyl sites for hydroxylation is 2. The summed E-state index contributed by atoms with van der Waals surface area (Å²) in [5, 5.41) is 22.1. The summed E-state index contributed by atoms with van der Waals surface area (Å²) in [6.45, 7) is 4.76. The zero-order chi connectivity index (χ0) is 30.9. The summed E-state index contributed by atoms with van der Waals surface area (Å²) < 4.78 is 10.9. The largest absolute Gasteiger partial charge is 0.496 e. The Morgan fingerprint density at radius 1 is 1.07 bits per heavy atom. The van der Waals surface area contributed by atoms with E-state index in [-0.39, 0.29) is 5.91 Å². The first kappa shape index (κ1) is 31.8. The van der Waals surface area contributed by atoms with E-state index in [2.05, 4.69) is 53.5 Å². The van der Waals surface area contributed by atoms with E-state index in [4.69, 9.17) is 29.1 Å². The van der Waals surface area contributed by atoms with Crippen molar-refractivity contribution < 1.29 is 33.9 Å². The fraction of sp³-hybridized carbons (Fsp3) is 0.323. The third-order valence-electron chi connectivity index (χ3n) is 6.73. The van der Waals surface area contributed by atoms with E-state index >= 15 is 0 Å². The summed E-state index contributed by atoms with van der Waals surface area (Å²) in [5.41, 5.74) is 3.99. The van der Waals surface area contributed by atoms with Crippen molar-refractivity contribution in [2.45, 2.75) is 38.5 Å². The van der Waals surface area contributed by atoms with E-state index in [1.165, 1.54) is 0 Å². The van der Waals surface area contributed by atoms with Gasteiger partial charge < -0.3 is 29.7 Å². The SMILES string of the molecule is COc1ccc(NC(=O)C2(c3noc(C)n3)C=CC(c3ccccc3)=C(C)C2)cc1CCCN(C)C.O=C(O)C(=O)O. The zero-order valence-electron chi connectivity index (χ0n) is 24.4. The molecule has 0 aliphatic heterocycles. The molecule has 3 aromatic rings. The summed E-state index contributed by atoms with van der Waals surface area (Å²) in [6, 6.07) is 15.9. The van der Waals surface area contributed by atoms with E-state index < -0.39 is 17.4 Å². The number of benzene rings is 2. The number of carboxylic acids is 2. The molecule has 1 amide bonds. The molecule has 1 atom stereocenters. The molecule has 11 nitrogen and oxygen atoms in total. The third-order valence-corrected chi connectivity index (χ3v) is 6.73. The number of allylic oxidation sites excluding steroid dienone is 3. The fourth-order valence-electron chi connectivity index (χ4n) is 4.67. The number of hydrogen-bond donors (Lipinski definition) is 3. The fourth-order valence-corrected chi connectivity index (χ4v) is 4.67. The molecule has 1 aromatic heterocycles. The van der Waals surface area contributed by atoms with Crippen LogP contribution in [0.15, 0.2) is 70.8 Å². The van der Waals surface area contributed by atoms with E-state index in [1.54, 1.807) is 14.0 Å². The van der Waals surface area contributed by atoms with Crippen molar-refractivity contribution in [2.75, 3.05) is 33.1 Å². The Morgan fingerprint density at radius 3 is 2.31 bits per heavy atom. The first-order valence-electron chi connectivity index (χ1n) is 13.3. The molecule has 222 valence electrons. The van der Waals surface area contributed by atoms with Gasteiger partial charge in [0.1, 0.15) is 11.2 Å². The number of carbonyl (C=O) groups is 3. The smallest absolute Gasteiger partial charge is 0.414 e. The molecule has 1 aliphatic rings. The highest BCUT2D eigenvalue weighted by molar-refractivity contribution is 6.27. The number of aromatic nitrogens is 2. The van der Waals surface area contributed by atoms with Gasteiger partial charge in [0, 0.05) is 12.6 Å². The third kappa shape index (κ3) is 7.91. The number of rotatable bonds is 9. The Labute approximate surface area is 244 Å². The van der Waals surface area contributed by atoms with Gasteiger partial charge in [0.2, 0.25) is 11.8 Å². The van der Waals surface area contributed by atoms with Crippen LogP contribution in [-0.4, -0.2) is 70.8 Å². The minimum atomic E-state index is -1.82. The Balaban J connectivity index is 0.000000730. The quantitative estimate of drug-likeness (QED) is 0.313. The summed E-state index contributed by atoms with van der Waals surface area (Å²) in [7, 11) is 5.79. The van der Waals surface area contributed by atoms with Crippen molar-refractivity contribution in [1.82, 2.24) is 15.0 Å². The van der Waals surface area contributed by atoms with E-state index in [0.717, 1.165) is 47.4 Å². The van der Waals surface area contributed by atoms with Gasteiger partial charge in [-0.15, -0.1) is 0 Å². The van der Waals surface area contributed by atoms with Gasteiger partial charge in [-0.1, -0.05) is 53.2 Å². The topological polar surface area (TPSA) is 155 Å². The van der Waals surface area contributed by atoms with Crippen LogP contribution >= 0.6 is 0 Å². The van der Waals surface area contributed by atoms with Crippen molar-refractivity contribution in [3.05, 3.63) is 89.1 Å². The van der Waals surface area contributed by atoms with Gasteiger partial charge in [-0.25, -0.2) is 9.59 Å². The average Bonchev–Trinajstić information content (AvgIpc) is 3.40. The van der Waals surface area contributed by atoms with Crippen LogP contribution in [0.25, 0.3) is 5.57 Å². The van der Waals surface area contributed by atoms with Gasteiger partial charge in [0.15, 0.2) is 5.82 Å². The predicted octanol–water partition coefficient (Wildman–Crippen LogP) is 4.35. The molecule has 0 bridgehead atoms. The first-order chi connectivity index (χ1) is 20.0. The number of methoxy groups -OCH3 is 1. The molecule has 2 aromatic carbocycles. The highest BCUT2D eigenvalue weighted by Crippen LogP contribution is 2.40. The van der Waals surface area contributed by atoms with Gasteiger partial charge in [-0.2, -0.15) is 4.98 Å². The standard InChI is InChI=1S/C29H34N4O3.C2H2O4/c1-20-19-29(27-30-21(2)36-32-27,16-15-25(20)22-10-7-6-8-11-22)28(34)31-24-13-14-26(35-5)23(18-24)12-9-17-33(3)4;3-1(4)2(5)6/h6-8,10-11,13-16,18H,9,12,17,19H2,1-5H3,(H,31,34);(H,3,4)(H,5,6). The van der Waals surface area contributed by atoms with Crippen LogP contribution in [0.4, 0.5) is 5.69 Å². The molecule has 1 unspecified atom stereocenters. The number of amides is 1. The van der Waals surface area contributed by atoms with Gasteiger partial charge in [0.25, 0.3) is 0 Å². The summed E-state index contributed by atoms with van der Waals surface area (Å²) in [5.74, 6) is -2.24. The van der Waals surface area contributed by atoms with E-state index in [9.17, 15) is 4.79 Å². The van der Waals surface area contributed by atoms with Crippen LogP contribution < -0.4 is 10.1 Å². The lowest BCUT2D eigenvalue weighted by Crippen LogP contribution is -2.41. The Hall–Kier alpha value is -4.77. The zero-order valence-corrected chi connectivity index (χ0v) is 24.4. The number of carboxylic acid groups (broad SMARTS) is 2. The van der Waals surface area contributed by atoms with Crippen molar-refractivity contribution >= 4 is 29.1 Å². The van der Waals surface area contributed by atoms with Crippen LogP contribution in [0.2, 0.25) is 0 Å². The molecule has 1 aliphatic carbocycles. The first-order valence-corrected chi connectivity index (χ1v) is 13.3. The lowest BCUT2D eigenvalue weighted by Gasteiger charge is -2.31. The maximum atomic E-state index is 13.9. The Morgan fingerprint density at radius 2 is 1.76 bits per heavy atom. The molecule has 0 fully saturated rings. The number of carbonyl (C=O) groups excluding carboxylic acids is 1. The van der Waals surface area contributed by atoms with Gasteiger partial charge in [-0.3, -0.25) is 4.79 Å². The highest BCUT2D eigenvalue weighted by Gasteiger charge is 2.44. The van der Waals surface area contributed by atoms with Crippen molar-refractivity contribution in [1.29, 1.82) is 0 Å². The minimum Gasteiger partial charge on any atom is -0.496 e. The van der Waals surface area contributed by atoms with Gasteiger partial charge in [0.05, 0.1) is 7.11 Å². The number of hydrogen-bond acceptors (Lipinski definition) is 8. The van der Waals surface area contributed by atoms with E-state index in [1.807, 2.05) is 48.6 Å². The highest BCUT2D eigenvalue weighted by atomic mass is 16.5. The summed E-state index contributed by atoms with van der Waals surface area (Å²) in [4.78, 5) is 38.7. The maximum Gasteiger partial charge on any atom is 0.414 e. The molecular formula is C31H36N4O7. The lowest BCUT2D eigenvalue weighted by molar-refractivity contribution is -0.159. The Kier molecular flexibility index (Phi) is 10.8. The monoisotopic (exact) mass is 576 g/mol. The number of nitrogens with zero attached hydrogens (tertiary/aromatic N) is 3. The second-order valence-electron chi connectivity index (χ2n) is 10.2. The second kappa shape index (κ2) is 14.2. The van der Waals surface area contributed by atoms with Gasteiger partial charge in [-0.05, 0) is 81.7 Å². The van der Waals surface area contributed by atoms with Crippen LogP contribution in [0.3, 0.4) is 0 Å². The van der Waals surface area contributed by atoms with Gasteiger partial charge >= 0.3 is 11.9 Å². The molecule has 3 N–H and O–H groups in total. The molecule has 1 heterocycles. The molecular weight excluding hydrogens is 540 g/mol. The molecule has 42 heavy (non-hydrogen) atoms. The number of anilines is 1. The lowest BCUT2D eigenvalue weighted by atomic mass is 9.74. The molecule has 0 saturated heterocycles. The van der Waals surface area contributed by atoms with Crippen LogP contribution in [0, 0.1) is 6.92 Å². The summed E-state index contributed by atoms with van der Waals surface area (Å²) >= 11 is 0. The Bertz CT molecular complexity index is 1470. The normalized spacial score (nSPS) is 16.0. The predicted molar refractivity (Wildman–Crippen MR) is 157 cm³/mol. The molecule has 0 saturated carbocycles. The molecule has 0 radical (unpaired) electrons. The number of aliphatic carboxylic acids is 2. The van der Waals surface area contributed by atoms with Crippen LogP contribution in [0.5, 0.6) is 5.75 Å². The number of nitrogens with one attached hydrogen (secondary N) is 1. The molecule has 4 rings (SSSR count). The molecule has 11 heteroatoms. The second-order valence-corrected chi connectivity index (χ2v) is 10.2. The average molecular weight is 577 g/mol. The van der Waals surface area contributed by atoms with Crippen molar-refractivity contribution in [3.63, 3.8) is 0 Å². The minimum absolute atomic E-state index is 0.199. The van der Waals surface area contributed by atoms with Crippen LogP contribution in [0.1, 0.15) is 42.6 Å². The van der Waals surface area contributed by atoms with E-state index in [0.29, 0.717) is 23.8 Å². The number of ether oxygens (including phenoxy) is 1. The molecule has 0 spiro atoms. The maximum absolute atomic E-state index is 13.9. The summed E-state index contributed by atoms with van der Waals surface area (Å²) in [6.07, 6.45) is 6.19. The van der Waals surface area contributed by atoms with Crippen LogP contribution in [-0.2, 0) is 26.2 Å².